The zero-order valence-corrected chi connectivity index (χ0v) is 5.34. The van der Waals surface area contributed by atoms with Crippen LogP contribution >= 0.6 is 0 Å². The summed E-state index contributed by atoms with van der Waals surface area (Å²) in [5.41, 5.74) is 0. The van der Waals surface area contributed by atoms with Gasteiger partial charge in [-0.3, -0.25) is 9.51 Å². The van der Waals surface area contributed by atoms with Crippen molar-refractivity contribution in [1.29, 1.82) is 0 Å². The molecule has 0 atom stereocenters. The van der Waals surface area contributed by atoms with Crippen LogP contribution in [0.5, 0.6) is 0 Å². The number of hydrogen-bond acceptors (Lipinski definition) is 3. The van der Waals surface area contributed by atoms with E-state index in [2.05, 4.69) is 14.7 Å². The predicted molar refractivity (Wildman–Crippen MR) is 33.3 cm³/mol. The van der Waals surface area contributed by atoms with E-state index in [0.29, 0.717) is 5.82 Å². The molecule has 1 heterocycles. The Kier molecular flexibility index (Phi) is 1.38. The molecule has 0 aliphatic carbocycles. The Morgan fingerprint density at radius 1 is 1.78 bits per heavy atom. The van der Waals surface area contributed by atoms with Crippen molar-refractivity contribution < 1.29 is 5.95 Å². The lowest BCUT2D eigenvalue weighted by Gasteiger charge is -1.91. The summed E-state index contributed by atoms with van der Waals surface area (Å²) in [5, 5.41) is 3.47. The van der Waals surface area contributed by atoms with E-state index in [1.807, 2.05) is 13.8 Å². The second kappa shape index (κ2) is 2.05. The van der Waals surface area contributed by atoms with E-state index < -0.39 is 5.76 Å². The molecule has 0 aliphatic heterocycles. The highest BCUT2D eigenvalue weighted by Gasteiger charge is 2.02. The molecule has 0 aromatic carbocycles. The number of aromatic nitrogens is 2. The molecule has 1 aromatic heterocycles. The number of rotatable bonds is 1. The van der Waals surface area contributed by atoms with E-state index in [0.717, 1.165) is 0 Å². The summed E-state index contributed by atoms with van der Waals surface area (Å²) in [6, 6.07) is 0. The van der Waals surface area contributed by atoms with Crippen molar-refractivity contribution in [3.8, 4) is 0 Å². The summed E-state index contributed by atoms with van der Waals surface area (Å²) < 4.78 is 4.26. The van der Waals surface area contributed by atoms with E-state index in [9.17, 15) is 4.79 Å². The van der Waals surface area contributed by atoms with Crippen LogP contribution < -0.4 is 5.76 Å². The van der Waals surface area contributed by atoms with E-state index in [1.54, 1.807) is 0 Å². The van der Waals surface area contributed by atoms with Crippen LogP contribution in [-0.2, 0) is 0 Å². The van der Waals surface area contributed by atoms with Crippen LogP contribution in [-0.4, -0.2) is 10.1 Å². The lowest BCUT2D eigenvalue weighted by atomic mass is 10.2. The fraction of sp³-hybridized carbons (Fsp3) is 0.600. The molecular weight excluding hydrogens is 120 g/mol. The van der Waals surface area contributed by atoms with Crippen molar-refractivity contribution in [2.45, 2.75) is 19.8 Å². The van der Waals surface area contributed by atoms with Gasteiger partial charge in [-0.05, 0) is 0 Å². The molecule has 1 rings (SSSR count). The van der Waals surface area contributed by atoms with Gasteiger partial charge < -0.3 is 0 Å². The van der Waals surface area contributed by atoms with Crippen LogP contribution in [0.15, 0.2) is 9.32 Å². The molecule has 0 unspecified atom stereocenters. The first-order valence-electron chi connectivity index (χ1n) is 2.76. The summed E-state index contributed by atoms with van der Waals surface area (Å²) in [6.45, 7) is 3.85. The third-order valence-corrected chi connectivity index (χ3v) is 1.00. The zero-order chi connectivity index (χ0) is 6.85. The lowest BCUT2D eigenvalue weighted by Crippen LogP contribution is -1.97. The van der Waals surface area contributed by atoms with E-state index >= 15 is 0 Å². The zero-order valence-electron chi connectivity index (χ0n) is 5.34. The standard InChI is InChI=1S/C5H8N2O2.H2/c1-3(2)4-6-5(8)9-7-4;/h3H,1-2H3,(H,6,7,8);1H. The lowest BCUT2D eigenvalue weighted by molar-refractivity contribution is 0.379. The average molecular weight is 130 g/mol. The SMILES string of the molecule is CC(C)c1noc(=O)[nH]1.[HH]. The van der Waals surface area contributed by atoms with Crippen LogP contribution in [0.25, 0.3) is 0 Å². The van der Waals surface area contributed by atoms with Crippen molar-refractivity contribution in [2.24, 2.45) is 0 Å². The molecule has 9 heavy (non-hydrogen) atoms. The molecule has 1 aromatic rings. The topological polar surface area (TPSA) is 58.9 Å². The molecule has 4 nitrogen and oxygen atoms in total. The van der Waals surface area contributed by atoms with Gasteiger partial charge in [-0.15, -0.1) is 0 Å². The van der Waals surface area contributed by atoms with Gasteiger partial charge in [0.25, 0.3) is 0 Å². The van der Waals surface area contributed by atoms with Gasteiger partial charge in [0.05, 0.1) is 0 Å². The molecule has 0 bridgehead atoms. The molecule has 0 fully saturated rings. The second-order valence-electron chi connectivity index (χ2n) is 2.13. The van der Waals surface area contributed by atoms with Gasteiger partial charge in [0.1, 0.15) is 0 Å². The Morgan fingerprint density at radius 2 is 2.44 bits per heavy atom. The van der Waals surface area contributed by atoms with Crippen molar-refractivity contribution in [3.63, 3.8) is 0 Å². The van der Waals surface area contributed by atoms with Crippen LogP contribution in [0.1, 0.15) is 27.0 Å². The van der Waals surface area contributed by atoms with Gasteiger partial charge >= 0.3 is 5.76 Å². The summed E-state index contributed by atoms with van der Waals surface area (Å²) in [7, 11) is 0. The number of nitrogens with zero attached hydrogens (tertiary/aromatic N) is 1. The maximum absolute atomic E-state index is 10.3. The van der Waals surface area contributed by atoms with Gasteiger partial charge in [-0.1, -0.05) is 19.0 Å². The molecule has 0 spiro atoms. The van der Waals surface area contributed by atoms with Crippen LogP contribution in [0.3, 0.4) is 0 Å². The third-order valence-electron chi connectivity index (χ3n) is 1.00. The summed E-state index contributed by atoms with van der Waals surface area (Å²) >= 11 is 0. The second-order valence-corrected chi connectivity index (χ2v) is 2.13. The summed E-state index contributed by atoms with van der Waals surface area (Å²) in [5.74, 6) is 0.329. The van der Waals surface area contributed by atoms with Crippen LogP contribution in [0.2, 0.25) is 0 Å². The van der Waals surface area contributed by atoms with Gasteiger partial charge in [0, 0.05) is 7.34 Å². The van der Waals surface area contributed by atoms with Gasteiger partial charge in [0.15, 0.2) is 5.82 Å². The first-order chi connectivity index (χ1) is 4.20. The minimum Gasteiger partial charge on any atom is -0.296 e. The van der Waals surface area contributed by atoms with E-state index in [1.165, 1.54) is 0 Å². The number of hydrogen-bond donors (Lipinski definition) is 1. The number of H-pyrrole nitrogens is 1. The number of nitrogens with one attached hydrogen (secondary N) is 1. The fourth-order valence-corrected chi connectivity index (χ4v) is 0.491. The highest BCUT2D eigenvalue weighted by Crippen LogP contribution is 2.03. The molecule has 0 saturated carbocycles. The Bertz CT molecular complexity index is 240. The molecule has 0 amide bonds. The maximum Gasteiger partial charge on any atom is 0.438 e. The molecule has 52 valence electrons. The Hall–Kier alpha value is -1.06. The largest absolute Gasteiger partial charge is 0.438 e. The minimum atomic E-state index is -0.487. The maximum atomic E-state index is 10.3. The Labute approximate surface area is 53.4 Å². The van der Waals surface area contributed by atoms with Crippen molar-refractivity contribution in [1.82, 2.24) is 10.1 Å². The van der Waals surface area contributed by atoms with Crippen LogP contribution in [0, 0.1) is 0 Å². The Balaban J connectivity index is 0.000000810. The minimum absolute atomic E-state index is 0. The van der Waals surface area contributed by atoms with E-state index in [-0.39, 0.29) is 7.34 Å². The molecule has 1 N–H and O–H groups in total. The van der Waals surface area contributed by atoms with Crippen molar-refractivity contribution in [2.75, 3.05) is 0 Å². The van der Waals surface area contributed by atoms with Gasteiger partial charge in [-0.25, -0.2) is 4.79 Å². The normalized spacial score (nSPS) is 10.6. The highest BCUT2D eigenvalue weighted by atomic mass is 16.5. The highest BCUT2D eigenvalue weighted by molar-refractivity contribution is 4.85. The molecule has 0 saturated heterocycles. The summed E-state index contributed by atoms with van der Waals surface area (Å²) in [4.78, 5) is 12.8. The third kappa shape index (κ3) is 1.19. The first-order valence-corrected chi connectivity index (χ1v) is 2.76. The van der Waals surface area contributed by atoms with Gasteiger partial charge in [-0.2, -0.15) is 0 Å². The molecular formula is C5H10N2O2. The smallest absolute Gasteiger partial charge is 0.296 e. The number of aromatic amines is 1. The van der Waals surface area contributed by atoms with Crippen molar-refractivity contribution >= 4 is 0 Å². The quantitative estimate of drug-likeness (QED) is 0.609. The predicted octanol–water partition coefficient (Wildman–Crippen LogP) is 0.732. The molecule has 4 heteroatoms. The molecule has 0 radical (unpaired) electrons. The average Bonchev–Trinajstić information content (AvgIpc) is 2.14. The van der Waals surface area contributed by atoms with Gasteiger partial charge in [0.2, 0.25) is 0 Å². The fourth-order valence-electron chi connectivity index (χ4n) is 0.491. The van der Waals surface area contributed by atoms with E-state index in [4.69, 9.17) is 0 Å². The Morgan fingerprint density at radius 3 is 2.67 bits per heavy atom. The first kappa shape index (κ1) is 6.07. The molecule has 0 aliphatic rings. The monoisotopic (exact) mass is 130 g/mol. The van der Waals surface area contributed by atoms with Crippen molar-refractivity contribution in [3.05, 3.63) is 16.4 Å². The summed E-state index contributed by atoms with van der Waals surface area (Å²) in [6.07, 6.45) is 0. The van der Waals surface area contributed by atoms with Crippen LogP contribution in [0.4, 0.5) is 0 Å².